The quantitative estimate of drug-likeness (QED) is 0.761. The van der Waals surface area contributed by atoms with Gasteiger partial charge in [-0.3, -0.25) is 9.89 Å². The number of ether oxygens (including phenoxy) is 2. The number of hydrogen-bond donors (Lipinski definition) is 2. The summed E-state index contributed by atoms with van der Waals surface area (Å²) >= 11 is 0. The highest BCUT2D eigenvalue weighted by Gasteiger charge is 2.29. The fraction of sp³-hybridized carbons (Fsp3) is 0.375. The number of aromatic nitrogens is 2. The number of H-pyrrole nitrogens is 1. The third-order valence-electron chi connectivity index (χ3n) is 3.29. The summed E-state index contributed by atoms with van der Waals surface area (Å²) in [5.41, 5.74) is 1.55. The van der Waals surface area contributed by atoms with Crippen LogP contribution < -0.4 is 14.8 Å². The number of nitrogens with one attached hydrogen (secondary N) is 2. The maximum Gasteiger partial charge on any atom is 0.422 e. The molecular weight excluding hydrogens is 339 g/mol. The lowest BCUT2D eigenvalue weighted by Gasteiger charge is -2.13. The molecule has 0 aliphatic rings. The molecule has 0 radical (unpaired) electrons. The average Bonchev–Trinajstić information content (AvgIpc) is 3.09. The van der Waals surface area contributed by atoms with Crippen molar-refractivity contribution in [3.8, 4) is 11.5 Å². The first-order chi connectivity index (χ1) is 11.9. The van der Waals surface area contributed by atoms with E-state index in [1.807, 2.05) is 0 Å². The Kier molecular flexibility index (Phi) is 6.26. The summed E-state index contributed by atoms with van der Waals surface area (Å²) in [5.74, 6) is 0.0536. The van der Waals surface area contributed by atoms with E-state index in [4.69, 9.17) is 9.47 Å². The molecule has 2 rings (SSSR count). The van der Waals surface area contributed by atoms with Crippen molar-refractivity contribution in [3.63, 3.8) is 0 Å². The molecule has 2 aromatic rings. The first kappa shape index (κ1) is 18.6. The maximum absolute atomic E-state index is 12.2. The van der Waals surface area contributed by atoms with Gasteiger partial charge >= 0.3 is 6.18 Å². The lowest BCUT2D eigenvalue weighted by Crippen LogP contribution is -2.23. The summed E-state index contributed by atoms with van der Waals surface area (Å²) in [6.07, 6.45) is -2.17. The molecule has 0 bridgehead atoms. The van der Waals surface area contributed by atoms with Gasteiger partial charge < -0.3 is 14.8 Å². The zero-order valence-corrected chi connectivity index (χ0v) is 13.5. The van der Waals surface area contributed by atoms with Crippen LogP contribution in [-0.4, -0.2) is 36.0 Å². The van der Waals surface area contributed by atoms with E-state index in [1.54, 1.807) is 24.4 Å². The molecule has 0 aliphatic carbocycles. The van der Waals surface area contributed by atoms with Crippen LogP contribution in [0, 0.1) is 0 Å². The van der Waals surface area contributed by atoms with Crippen LogP contribution in [0.5, 0.6) is 11.5 Å². The molecule has 1 amide bonds. The van der Waals surface area contributed by atoms with E-state index >= 15 is 0 Å². The number of carbonyl (C=O) groups excluding carboxylic acids is 1. The number of carbonyl (C=O) groups is 1. The van der Waals surface area contributed by atoms with Gasteiger partial charge in [0.05, 0.1) is 19.3 Å². The Hall–Kier alpha value is -2.71. The third-order valence-corrected chi connectivity index (χ3v) is 3.29. The molecule has 1 aromatic carbocycles. The molecule has 1 heterocycles. The fourth-order valence-electron chi connectivity index (χ4n) is 2.07. The summed E-state index contributed by atoms with van der Waals surface area (Å²) in [6.45, 7) is -1.04. The van der Waals surface area contributed by atoms with Crippen LogP contribution in [0.3, 0.4) is 0 Å². The first-order valence-corrected chi connectivity index (χ1v) is 7.49. The highest BCUT2D eigenvalue weighted by atomic mass is 19.4. The molecule has 1 aromatic heterocycles. The van der Waals surface area contributed by atoms with Crippen LogP contribution in [0.1, 0.15) is 17.7 Å². The Morgan fingerprint density at radius 1 is 1.28 bits per heavy atom. The smallest absolute Gasteiger partial charge is 0.422 e. The van der Waals surface area contributed by atoms with E-state index in [9.17, 15) is 18.0 Å². The Bertz CT molecular complexity index is 688. The second-order valence-electron chi connectivity index (χ2n) is 5.25. The van der Waals surface area contributed by atoms with Crippen molar-refractivity contribution >= 4 is 5.91 Å². The number of aromatic amines is 1. The van der Waals surface area contributed by atoms with Crippen LogP contribution >= 0.6 is 0 Å². The maximum atomic E-state index is 12.2. The van der Waals surface area contributed by atoms with Gasteiger partial charge in [0, 0.05) is 12.6 Å². The Labute approximate surface area is 142 Å². The number of nitrogens with zero attached hydrogens (tertiary/aromatic N) is 1. The first-order valence-electron chi connectivity index (χ1n) is 7.49. The number of amides is 1. The van der Waals surface area contributed by atoms with Gasteiger partial charge in [-0.15, -0.1) is 0 Å². The van der Waals surface area contributed by atoms with Gasteiger partial charge in [-0.1, -0.05) is 6.07 Å². The Balaban J connectivity index is 1.86. The number of aryl methyl sites for hydroxylation is 1. The van der Waals surface area contributed by atoms with Crippen LogP contribution in [0.25, 0.3) is 0 Å². The molecule has 9 heteroatoms. The lowest BCUT2D eigenvalue weighted by atomic mass is 10.1. The predicted molar refractivity (Wildman–Crippen MR) is 83.3 cm³/mol. The van der Waals surface area contributed by atoms with Gasteiger partial charge in [-0.05, 0) is 30.2 Å². The van der Waals surface area contributed by atoms with Crippen molar-refractivity contribution in [1.82, 2.24) is 15.5 Å². The Morgan fingerprint density at radius 3 is 2.72 bits per heavy atom. The fourth-order valence-corrected chi connectivity index (χ4v) is 2.07. The molecule has 0 fully saturated rings. The SMILES string of the molecule is COc1cc(CCC(=O)NCc2ccn[nH]2)ccc1OCC(F)(F)F. The van der Waals surface area contributed by atoms with Gasteiger partial charge in [0.2, 0.25) is 5.91 Å². The van der Waals surface area contributed by atoms with Crippen molar-refractivity contribution in [3.05, 3.63) is 41.7 Å². The topological polar surface area (TPSA) is 76.2 Å². The predicted octanol–water partition coefficient (Wildman–Crippen LogP) is 2.61. The minimum absolute atomic E-state index is 0.00673. The van der Waals surface area contributed by atoms with Crippen molar-refractivity contribution < 1.29 is 27.4 Å². The van der Waals surface area contributed by atoms with Gasteiger partial charge in [-0.25, -0.2) is 0 Å². The molecule has 2 N–H and O–H groups in total. The second-order valence-corrected chi connectivity index (χ2v) is 5.25. The number of hydrogen-bond acceptors (Lipinski definition) is 4. The standard InChI is InChI=1S/C16H18F3N3O3/c1-24-14-8-11(2-4-13(14)25-10-16(17,18)19)3-5-15(23)20-9-12-6-7-21-22-12/h2,4,6-8H,3,5,9-10H2,1H3,(H,20,23)(H,21,22). The summed E-state index contributed by atoms with van der Waals surface area (Å²) in [7, 11) is 1.34. The summed E-state index contributed by atoms with van der Waals surface area (Å²) in [6, 6.07) is 6.33. The number of rotatable bonds is 8. The van der Waals surface area contributed by atoms with Gasteiger partial charge in [-0.2, -0.15) is 18.3 Å². The normalized spacial score (nSPS) is 11.2. The van der Waals surface area contributed by atoms with E-state index in [0.29, 0.717) is 13.0 Å². The molecule has 0 aliphatic heterocycles. The van der Waals surface area contributed by atoms with Crippen LogP contribution in [0.15, 0.2) is 30.5 Å². The van der Waals surface area contributed by atoms with Crippen molar-refractivity contribution in [2.75, 3.05) is 13.7 Å². The van der Waals surface area contributed by atoms with Crippen LogP contribution in [0.4, 0.5) is 13.2 Å². The number of benzene rings is 1. The van der Waals surface area contributed by atoms with Crippen molar-refractivity contribution in [2.24, 2.45) is 0 Å². The Morgan fingerprint density at radius 2 is 2.08 bits per heavy atom. The molecular formula is C16H18F3N3O3. The molecule has 25 heavy (non-hydrogen) atoms. The van der Waals surface area contributed by atoms with Crippen LogP contribution in [-0.2, 0) is 17.8 Å². The summed E-state index contributed by atoms with van der Waals surface area (Å²) < 4.78 is 46.4. The zero-order chi connectivity index (χ0) is 18.3. The van der Waals surface area contributed by atoms with E-state index in [0.717, 1.165) is 11.3 Å². The minimum atomic E-state index is -4.42. The summed E-state index contributed by atoms with van der Waals surface area (Å²) in [4.78, 5) is 11.8. The highest BCUT2D eigenvalue weighted by molar-refractivity contribution is 5.76. The van der Waals surface area contributed by atoms with Gasteiger partial charge in [0.25, 0.3) is 0 Å². The van der Waals surface area contributed by atoms with E-state index in [-0.39, 0.29) is 23.8 Å². The third kappa shape index (κ3) is 6.36. The second kappa shape index (κ2) is 8.41. The number of methoxy groups -OCH3 is 1. The lowest BCUT2D eigenvalue weighted by molar-refractivity contribution is -0.153. The van der Waals surface area contributed by atoms with E-state index < -0.39 is 12.8 Å². The molecule has 0 spiro atoms. The molecule has 0 atom stereocenters. The number of alkyl halides is 3. The van der Waals surface area contributed by atoms with E-state index in [1.165, 1.54) is 13.2 Å². The molecule has 6 nitrogen and oxygen atoms in total. The zero-order valence-electron chi connectivity index (χ0n) is 13.5. The van der Waals surface area contributed by atoms with Crippen molar-refractivity contribution in [2.45, 2.75) is 25.6 Å². The van der Waals surface area contributed by atoms with E-state index in [2.05, 4.69) is 15.5 Å². The largest absolute Gasteiger partial charge is 0.493 e. The molecule has 0 saturated carbocycles. The minimum Gasteiger partial charge on any atom is -0.493 e. The van der Waals surface area contributed by atoms with Gasteiger partial charge in [0.1, 0.15) is 0 Å². The van der Waals surface area contributed by atoms with Crippen LogP contribution in [0.2, 0.25) is 0 Å². The average molecular weight is 357 g/mol. The molecule has 136 valence electrons. The molecule has 0 saturated heterocycles. The monoisotopic (exact) mass is 357 g/mol. The number of halogens is 3. The van der Waals surface area contributed by atoms with Gasteiger partial charge in [0.15, 0.2) is 18.1 Å². The summed E-state index contributed by atoms with van der Waals surface area (Å²) in [5, 5.41) is 9.25. The molecule has 0 unspecified atom stereocenters. The highest BCUT2D eigenvalue weighted by Crippen LogP contribution is 2.30. The van der Waals surface area contributed by atoms with Crippen molar-refractivity contribution in [1.29, 1.82) is 0 Å².